The standard InChI is InChI=1S/C12H9N3OS/c16-12(15-10-6-13-14-7-10)9-1-2-11-8(5-9)3-4-17-11/h1-7H,(H,13,14)(H,15,16). The van der Waals surface area contributed by atoms with Gasteiger partial charge >= 0.3 is 0 Å². The molecule has 5 heteroatoms. The van der Waals surface area contributed by atoms with E-state index in [0.717, 1.165) is 5.39 Å². The second-order valence-electron chi connectivity index (χ2n) is 3.61. The van der Waals surface area contributed by atoms with Crippen molar-refractivity contribution in [1.29, 1.82) is 0 Å². The van der Waals surface area contributed by atoms with E-state index < -0.39 is 0 Å². The van der Waals surface area contributed by atoms with Crippen molar-refractivity contribution in [3.8, 4) is 0 Å². The van der Waals surface area contributed by atoms with Gasteiger partial charge in [-0.15, -0.1) is 11.3 Å². The van der Waals surface area contributed by atoms with Gasteiger partial charge < -0.3 is 5.32 Å². The number of nitrogens with one attached hydrogen (secondary N) is 2. The van der Waals surface area contributed by atoms with Crippen LogP contribution in [0.4, 0.5) is 5.69 Å². The average Bonchev–Trinajstić information content (AvgIpc) is 2.97. The Labute approximate surface area is 101 Å². The molecule has 4 nitrogen and oxygen atoms in total. The van der Waals surface area contributed by atoms with E-state index in [4.69, 9.17) is 0 Å². The maximum absolute atomic E-state index is 11.9. The average molecular weight is 243 g/mol. The number of benzene rings is 1. The Hall–Kier alpha value is -2.14. The Kier molecular flexibility index (Phi) is 2.38. The van der Waals surface area contributed by atoms with Crippen molar-refractivity contribution < 1.29 is 4.79 Å². The molecule has 0 saturated carbocycles. The van der Waals surface area contributed by atoms with E-state index in [1.165, 1.54) is 4.70 Å². The summed E-state index contributed by atoms with van der Waals surface area (Å²) in [6, 6.07) is 7.69. The van der Waals surface area contributed by atoms with Gasteiger partial charge in [-0.25, -0.2) is 0 Å². The van der Waals surface area contributed by atoms with Gasteiger partial charge in [0.2, 0.25) is 0 Å². The zero-order chi connectivity index (χ0) is 11.7. The zero-order valence-corrected chi connectivity index (χ0v) is 9.62. The monoisotopic (exact) mass is 243 g/mol. The maximum Gasteiger partial charge on any atom is 0.255 e. The minimum absolute atomic E-state index is 0.125. The molecule has 2 aromatic heterocycles. The molecule has 0 radical (unpaired) electrons. The van der Waals surface area contributed by atoms with Crippen LogP contribution in [-0.4, -0.2) is 16.1 Å². The minimum atomic E-state index is -0.125. The topological polar surface area (TPSA) is 57.8 Å². The van der Waals surface area contributed by atoms with E-state index in [2.05, 4.69) is 15.5 Å². The molecule has 3 aromatic rings. The largest absolute Gasteiger partial charge is 0.319 e. The van der Waals surface area contributed by atoms with E-state index in [9.17, 15) is 4.79 Å². The van der Waals surface area contributed by atoms with Gasteiger partial charge in [0.1, 0.15) is 0 Å². The van der Waals surface area contributed by atoms with Gasteiger partial charge in [-0.1, -0.05) is 0 Å². The van der Waals surface area contributed by atoms with Gasteiger partial charge in [0.05, 0.1) is 11.9 Å². The fraction of sp³-hybridized carbons (Fsp3) is 0. The lowest BCUT2D eigenvalue weighted by Crippen LogP contribution is -2.10. The molecule has 0 fully saturated rings. The molecular weight excluding hydrogens is 234 g/mol. The van der Waals surface area contributed by atoms with Crippen molar-refractivity contribution in [3.05, 3.63) is 47.6 Å². The molecule has 0 bridgehead atoms. The van der Waals surface area contributed by atoms with Crippen LogP contribution in [0.25, 0.3) is 10.1 Å². The third kappa shape index (κ3) is 1.92. The summed E-state index contributed by atoms with van der Waals surface area (Å²) in [6.45, 7) is 0. The number of amides is 1. The predicted molar refractivity (Wildman–Crippen MR) is 68.4 cm³/mol. The fourth-order valence-electron chi connectivity index (χ4n) is 1.63. The quantitative estimate of drug-likeness (QED) is 0.727. The number of nitrogens with zero attached hydrogens (tertiary/aromatic N) is 1. The molecule has 0 aliphatic rings. The SMILES string of the molecule is O=C(Nc1cn[nH]c1)c1ccc2sccc2c1. The number of fused-ring (bicyclic) bond motifs is 1. The molecule has 2 heterocycles. The maximum atomic E-state index is 11.9. The molecule has 1 aromatic carbocycles. The molecule has 3 rings (SSSR count). The van der Waals surface area contributed by atoms with Gasteiger partial charge in [0, 0.05) is 16.5 Å². The first-order valence-corrected chi connectivity index (χ1v) is 5.98. The molecule has 17 heavy (non-hydrogen) atoms. The highest BCUT2D eigenvalue weighted by atomic mass is 32.1. The number of aromatic nitrogens is 2. The lowest BCUT2D eigenvalue weighted by molar-refractivity contribution is 0.102. The summed E-state index contributed by atoms with van der Waals surface area (Å²) in [5.41, 5.74) is 1.32. The highest BCUT2D eigenvalue weighted by Gasteiger charge is 2.07. The Morgan fingerprint density at radius 2 is 2.29 bits per heavy atom. The van der Waals surface area contributed by atoms with Gasteiger partial charge in [-0.05, 0) is 35.0 Å². The highest BCUT2D eigenvalue weighted by molar-refractivity contribution is 7.17. The molecule has 0 aliphatic heterocycles. The van der Waals surface area contributed by atoms with E-state index in [1.54, 1.807) is 23.7 Å². The van der Waals surface area contributed by atoms with Gasteiger partial charge in [0.15, 0.2) is 0 Å². The lowest BCUT2D eigenvalue weighted by atomic mass is 10.1. The predicted octanol–water partition coefficient (Wildman–Crippen LogP) is 2.88. The number of H-pyrrole nitrogens is 1. The fourth-order valence-corrected chi connectivity index (χ4v) is 2.40. The first-order valence-electron chi connectivity index (χ1n) is 5.10. The number of aromatic amines is 1. The van der Waals surface area contributed by atoms with Crippen LogP contribution in [0.3, 0.4) is 0 Å². The van der Waals surface area contributed by atoms with Crippen LogP contribution in [0.15, 0.2) is 42.0 Å². The van der Waals surface area contributed by atoms with Crippen LogP contribution >= 0.6 is 11.3 Å². The number of carbonyl (C=O) groups is 1. The molecule has 2 N–H and O–H groups in total. The third-order valence-corrected chi connectivity index (χ3v) is 3.37. The van der Waals surface area contributed by atoms with Crippen LogP contribution < -0.4 is 5.32 Å². The normalized spacial score (nSPS) is 10.6. The summed E-state index contributed by atoms with van der Waals surface area (Å²) < 4.78 is 1.19. The van der Waals surface area contributed by atoms with E-state index in [1.807, 2.05) is 29.6 Å². The summed E-state index contributed by atoms with van der Waals surface area (Å²) in [4.78, 5) is 11.9. The minimum Gasteiger partial charge on any atom is -0.319 e. The molecule has 0 aliphatic carbocycles. The first-order chi connectivity index (χ1) is 8.33. The van der Waals surface area contributed by atoms with Crippen molar-refractivity contribution in [1.82, 2.24) is 10.2 Å². The molecule has 0 saturated heterocycles. The number of carbonyl (C=O) groups excluding carboxylic acids is 1. The van der Waals surface area contributed by atoms with Crippen molar-refractivity contribution in [2.24, 2.45) is 0 Å². The summed E-state index contributed by atoms with van der Waals surface area (Å²) in [7, 11) is 0. The summed E-state index contributed by atoms with van der Waals surface area (Å²) >= 11 is 1.67. The van der Waals surface area contributed by atoms with Crippen LogP contribution in [-0.2, 0) is 0 Å². The van der Waals surface area contributed by atoms with Crippen molar-refractivity contribution in [3.63, 3.8) is 0 Å². The molecule has 0 spiro atoms. The Bertz CT molecular complexity index is 657. The second kappa shape index (κ2) is 4.03. The second-order valence-corrected chi connectivity index (χ2v) is 4.56. The van der Waals surface area contributed by atoms with Crippen molar-refractivity contribution in [2.75, 3.05) is 5.32 Å². The van der Waals surface area contributed by atoms with Crippen molar-refractivity contribution in [2.45, 2.75) is 0 Å². The molecule has 0 atom stereocenters. The smallest absolute Gasteiger partial charge is 0.255 e. The summed E-state index contributed by atoms with van der Waals surface area (Å²) in [6.07, 6.45) is 3.21. The highest BCUT2D eigenvalue weighted by Crippen LogP contribution is 2.22. The Morgan fingerprint density at radius 3 is 3.12 bits per heavy atom. The Morgan fingerprint density at radius 1 is 1.35 bits per heavy atom. The van der Waals surface area contributed by atoms with Gasteiger partial charge in [0.25, 0.3) is 5.91 Å². The van der Waals surface area contributed by atoms with Gasteiger partial charge in [-0.2, -0.15) is 5.10 Å². The van der Waals surface area contributed by atoms with Gasteiger partial charge in [-0.3, -0.25) is 9.89 Å². The molecule has 0 unspecified atom stereocenters. The molecule has 84 valence electrons. The first kappa shape index (κ1) is 10.0. The van der Waals surface area contributed by atoms with Crippen molar-refractivity contribution >= 4 is 33.0 Å². The number of hydrogen-bond acceptors (Lipinski definition) is 3. The third-order valence-electron chi connectivity index (χ3n) is 2.47. The summed E-state index contributed by atoms with van der Waals surface area (Å²) in [5, 5.41) is 12.3. The zero-order valence-electron chi connectivity index (χ0n) is 8.81. The number of thiophene rings is 1. The Balaban J connectivity index is 1.90. The lowest BCUT2D eigenvalue weighted by Gasteiger charge is -2.02. The summed E-state index contributed by atoms with van der Waals surface area (Å²) in [5.74, 6) is -0.125. The number of rotatable bonds is 2. The van der Waals surface area contributed by atoms with Crippen LogP contribution in [0.5, 0.6) is 0 Å². The molecular formula is C12H9N3OS. The van der Waals surface area contributed by atoms with Crippen LogP contribution in [0.2, 0.25) is 0 Å². The van der Waals surface area contributed by atoms with Crippen LogP contribution in [0, 0.1) is 0 Å². The number of hydrogen-bond donors (Lipinski definition) is 2. The number of anilines is 1. The van der Waals surface area contributed by atoms with Crippen LogP contribution in [0.1, 0.15) is 10.4 Å². The van der Waals surface area contributed by atoms with E-state index >= 15 is 0 Å². The van der Waals surface area contributed by atoms with E-state index in [-0.39, 0.29) is 5.91 Å². The van der Waals surface area contributed by atoms with E-state index in [0.29, 0.717) is 11.3 Å². The molecule has 1 amide bonds.